The highest BCUT2D eigenvalue weighted by atomic mass is 13.9. The third-order valence-electron chi connectivity index (χ3n) is 1.39. The zero-order valence-electron chi connectivity index (χ0n) is 6.21. The van der Waals surface area contributed by atoms with Gasteiger partial charge < -0.3 is 0 Å². The van der Waals surface area contributed by atoms with Gasteiger partial charge in [-0.1, -0.05) is 23.3 Å². The van der Waals surface area contributed by atoms with Crippen molar-refractivity contribution < 1.29 is 0 Å². The summed E-state index contributed by atoms with van der Waals surface area (Å²) in [6, 6.07) is 0. The lowest BCUT2D eigenvalue weighted by Gasteiger charge is -1.99. The van der Waals surface area contributed by atoms with Crippen LogP contribution in [0.3, 0.4) is 0 Å². The highest BCUT2D eigenvalue weighted by molar-refractivity contribution is 5.27. The van der Waals surface area contributed by atoms with Crippen molar-refractivity contribution in [2.45, 2.75) is 27.7 Å². The van der Waals surface area contributed by atoms with Gasteiger partial charge in [-0.05, 0) is 27.7 Å². The summed E-state index contributed by atoms with van der Waals surface area (Å²) in [5, 5.41) is 0. The van der Waals surface area contributed by atoms with Crippen LogP contribution in [-0.2, 0) is 0 Å². The number of allylic oxidation sites excluding steroid dienone is 3. The summed E-state index contributed by atoms with van der Waals surface area (Å²) in [4.78, 5) is 0. The van der Waals surface area contributed by atoms with E-state index >= 15 is 0 Å². The fraction of sp³-hybridized carbons (Fsp3) is 0.500. The minimum Gasteiger partial charge on any atom is -0.0959 e. The molecule has 0 heterocycles. The quantitative estimate of drug-likeness (QED) is 0.455. The van der Waals surface area contributed by atoms with Gasteiger partial charge in [0.25, 0.3) is 0 Å². The third kappa shape index (κ3) is 1.97. The lowest BCUT2D eigenvalue weighted by molar-refractivity contribution is 1.23. The summed E-state index contributed by atoms with van der Waals surface area (Å²) in [6.45, 7) is 12.1. The van der Waals surface area contributed by atoms with E-state index in [-0.39, 0.29) is 0 Å². The summed E-state index contributed by atoms with van der Waals surface area (Å²) in [5.41, 5.74) is 3.85. The molecule has 0 spiro atoms. The zero-order valence-corrected chi connectivity index (χ0v) is 6.21. The fourth-order valence-corrected chi connectivity index (χ4v) is 0.427. The fourth-order valence-electron chi connectivity index (χ4n) is 0.427. The molecule has 0 amide bonds. The first-order chi connectivity index (χ1) is 3.55. The second-order valence-corrected chi connectivity index (χ2v) is 2.41. The van der Waals surface area contributed by atoms with Crippen molar-refractivity contribution in [1.29, 1.82) is 0 Å². The van der Waals surface area contributed by atoms with Crippen molar-refractivity contribution in [2.24, 2.45) is 0 Å². The smallest absolute Gasteiger partial charge is 0.0396 e. The van der Waals surface area contributed by atoms with Crippen LogP contribution in [0, 0.1) is 0 Å². The van der Waals surface area contributed by atoms with Gasteiger partial charge >= 0.3 is 0 Å². The molecule has 0 aromatic heterocycles. The Morgan fingerprint density at radius 2 is 1.38 bits per heavy atom. The maximum Gasteiger partial charge on any atom is -0.0396 e. The monoisotopic (exact) mass is 110 g/mol. The summed E-state index contributed by atoms with van der Waals surface area (Å²) in [7, 11) is 0. The molecule has 0 N–H and O–H groups in total. The van der Waals surface area contributed by atoms with Crippen molar-refractivity contribution in [3.63, 3.8) is 0 Å². The Bertz CT molecular complexity index is 123. The Morgan fingerprint density at radius 3 is 1.38 bits per heavy atom. The van der Waals surface area contributed by atoms with Gasteiger partial charge in [0.15, 0.2) is 0 Å². The molecule has 0 aliphatic heterocycles. The van der Waals surface area contributed by atoms with Gasteiger partial charge in [0.05, 0.1) is 0 Å². The Morgan fingerprint density at radius 1 is 1.00 bits per heavy atom. The normalized spacial score (nSPS) is 8.50. The first-order valence-corrected chi connectivity index (χ1v) is 2.85. The van der Waals surface area contributed by atoms with E-state index in [2.05, 4.69) is 27.4 Å². The van der Waals surface area contributed by atoms with Crippen molar-refractivity contribution in [3.05, 3.63) is 23.3 Å². The molecule has 0 unspecified atom stereocenters. The first-order valence-electron chi connectivity index (χ1n) is 2.85. The molecule has 0 nitrogen and oxygen atoms in total. The molecule has 8 heavy (non-hydrogen) atoms. The van der Waals surface area contributed by atoms with Crippen LogP contribution < -0.4 is 0 Å². The summed E-state index contributed by atoms with van der Waals surface area (Å²) in [5.74, 6) is 0. The van der Waals surface area contributed by atoms with Gasteiger partial charge in [-0.2, -0.15) is 0 Å². The Labute approximate surface area is 51.9 Å². The molecular weight excluding hydrogens is 96.1 g/mol. The van der Waals surface area contributed by atoms with Crippen molar-refractivity contribution in [3.8, 4) is 0 Å². The van der Waals surface area contributed by atoms with Gasteiger partial charge in [-0.15, -0.1) is 0 Å². The van der Waals surface area contributed by atoms with Crippen molar-refractivity contribution >= 4 is 0 Å². The molecule has 0 aromatic rings. The van der Waals surface area contributed by atoms with E-state index in [1.54, 1.807) is 0 Å². The van der Waals surface area contributed by atoms with Gasteiger partial charge in [-0.25, -0.2) is 0 Å². The largest absolute Gasteiger partial charge is 0.0959 e. The second-order valence-electron chi connectivity index (χ2n) is 2.41. The molecule has 0 saturated carbocycles. The van der Waals surface area contributed by atoms with Gasteiger partial charge in [-0.3, -0.25) is 0 Å². The predicted octanol–water partition coefficient (Wildman–Crippen LogP) is 2.92. The maximum absolute atomic E-state index is 3.82. The Kier molecular flexibility index (Phi) is 2.53. The van der Waals surface area contributed by atoms with Crippen molar-refractivity contribution in [2.75, 3.05) is 0 Å². The molecule has 0 heteroatoms. The second kappa shape index (κ2) is 2.71. The van der Waals surface area contributed by atoms with Gasteiger partial charge in [0.2, 0.25) is 0 Å². The van der Waals surface area contributed by atoms with E-state index in [4.69, 9.17) is 0 Å². The molecule has 0 bridgehead atoms. The van der Waals surface area contributed by atoms with Crippen LogP contribution in [0.5, 0.6) is 0 Å². The molecule has 0 saturated heterocycles. The van der Waals surface area contributed by atoms with Crippen LogP contribution in [0.15, 0.2) is 23.3 Å². The Balaban J connectivity index is 4.23. The molecule has 0 aliphatic rings. The summed E-state index contributed by atoms with van der Waals surface area (Å²) >= 11 is 0. The van der Waals surface area contributed by atoms with E-state index in [1.807, 2.05) is 6.92 Å². The SMILES string of the molecule is C=C(C)C(C)=C(C)C. The molecular formula is C8H14. The van der Waals surface area contributed by atoms with Crippen molar-refractivity contribution in [1.82, 2.24) is 0 Å². The van der Waals surface area contributed by atoms with Crippen LogP contribution in [0.1, 0.15) is 27.7 Å². The number of rotatable bonds is 1. The zero-order chi connectivity index (χ0) is 6.73. The topological polar surface area (TPSA) is 0 Å². The average molecular weight is 110 g/mol. The molecule has 0 aliphatic carbocycles. The molecule has 0 atom stereocenters. The van der Waals surface area contributed by atoms with Gasteiger partial charge in [0.1, 0.15) is 0 Å². The highest BCUT2D eigenvalue weighted by Crippen LogP contribution is 2.09. The molecule has 0 aromatic carbocycles. The predicted molar refractivity (Wildman–Crippen MR) is 38.9 cm³/mol. The van der Waals surface area contributed by atoms with Crippen LogP contribution in [0.2, 0.25) is 0 Å². The van der Waals surface area contributed by atoms with E-state index < -0.39 is 0 Å². The van der Waals surface area contributed by atoms with Crippen LogP contribution in [0.4, 0.5) is 0 Å². The Hall–Kier alpha value is -0.520. The van der Waals surface area contributed by atoms with Gasteiger partial charge in [0, 0.05) is 0 Å². The highest BCUT2D eigenvalue weighted by Gasteiger charge is 1.88. The summed E-state index contributed by atoms with van der Waals surface area (Å²) in [6.07, 6.45) is 0. The van der Waals surface area contributed by atoms with Crippen LogP contribution >= 0.6 is 0 Å². The first kappa shape index (κ1) is 7.48. The molecule has 0 rings (SSSR count). The maximum atomic E-state index is 3.82. The average Bonchev–Trinajstić information content (AvgIpc) is 1.64. The van der Waals surface area contributed by atoms with E-state index in [0.29, 0.717) is 0 Å². The standard InChI is InChI=1S/C8H14/c1-6(2)8(5)7(3)4/h1H2,2-5H3. The number of hydrogen-bond donors (Lipinski definition) is 0. The molecule has 46 valence electrons. The lowest BCUT2D eigenvalue weighted by Crippen LogP contribution is -1.78. The third-order valence-corrected chi connectivity index (χ3v) is 1.39. The van der Waals surface area contributed by atoms with E-state index in [1.165, 1.54) is 16.7 Å². The van der Waals surface area contributed by atoms with E-state index in [0.717, 1.165) is 0 Å². The van der Waals surface area contributed by atoms with Crippen LogP contribution in [0.25, 0.3) is 0 Å². The summed E-state index contributed by atoms with van der Waals surface area (Å²) < 4.78 is 0. The number of hydrogen-bond acceptors (Lipinski definition) is 0. The van der Waals surface area contributed by atoms with E-state index in [9.17, 15) is 0 Å². The lowest BCUT2D eigenvalue weighted by atomic mass is 10.1. The van der Waals surface area contributed by atoms with Crippen LogP contribution in [-0.4, -0.2) is 0 Å². The minimum atomic E-state index is 1.17. The molecule has 0 radical (unpaired) electrons. The minimum absolute atomic E-state index is 1.17. The molecule has 0 fully saturated rings.